The Morgan fingerprint density at radius 1 is 1.14 bits per heavy atom. The Balaban J connectivity index is 1.40. The van der Waals surface area contributed by atoms with Gasteiger partial charge < -0.3 is 10.1 Å². The molecule has 0 radical (unpaired) electrons. The fourth-order valence-corrected chi connectivity index (χ4v) is 6.62. The number of rotatable bonds is 4. The Morgan fingerprint density at radius 2 is 1.81 bits per heavy atom. The molecule has 116 valence electrons. The first-order valence-corrected chi connectivity index (χ1v) is 8.91. The number of hydrogen-bond acceptors (Lipinski definition) is 3. The Bertz CT molecular complexity index is 474. The number of hydrogen-bond donors (Lipinski definition) is 1. The van der Waals surface area contributed by atoms with Crippen LogP contribution in [0.5, 0.6) is 0 Å². The maximum Gasteiger partial charge on any atom is 0.312 e. The Morgan fingerprint density at radius 3 is 2.38 bits per heavy atom. The average molecular weight is 356 g/mol. The van der Waals surface area contributed by atoms with Crippen LogP contribution in [0.15, 0.2) is 0 Å². The summed E-state index contributed by atoms with van der Waals surface area (Å²) in [5.74, 6) is 1.02. The third-order valence-electron chi connectivity index (χ3n) is 5.70. The van der Waals surface area contributed by atoms with E-state index in [-0.39, 0.29) is 28.2 Å². The Kier molecular flexibility index (Phi) is 3.15. The summed E-state index contributed by atoms with van der Waals surface area (Å²) < 4.78 is 5.54. The summed E-state index contributed by atoms with van der Waals surface area (Å²) in [6, 6.07) is 0.321. The maximum atomic E-state index is 12.6. The van der Waals surface area contributed by atoms with E-state index in [9.17, 15) is 9.59 Å². The van der Waals surface area contributed by atoms with E-state index in [0.717, 1.165) is 32.1 Å². The summed E-state index contributed by atoms with van der Waals surface area (Å²) in [5.41, 5.74) is -0.326. The zero-order valence-electron chi connectivity index (χ0n) is 12.2. The van der Waals surface area contributed by atoms with Crippen molar-refractivity contribution in [2.75, 3.05) is 6.61 Å². The minimum atomic E-state index is -0.326. The van der Waals surface area contributed by atoms with Crippen LogP contribution >= 0.6 is 15.9 Å². The van der Waals surface area contributed by atoms with Crippen LogP contribution in [0.25, 0.3) is 0 Å². The number of halogens is 1. The molecule has 0 aromatic carbocycles. The van der Waals surface area contributed by atoms with E-state index in [0.29, 0.717) is 17.9 Å². The highest BCUT2D eigenvalue weighted by Crippen LogP contribution is 2.64. The van der Waals surface area contributed by atoms with Gasteiger partial charge in [0.15, 0.2) is 6.61 Å². The molecule has 5 rings (SSSR count). The molecule has 0 aliphatic heterocycles. The molecule has 1 N–H and O–H groups in total. The normalized spacial score (nSPS) is 43.7. The lowest BCUT2D eigenvalue weighted by Crippen LogP contribution is -2.56. The van der Waals surface area contributed by atoms with E-state index in [1.165, 1.54) is 19.3 Å². The van der Waals surface area contributed by atoms with Crippen LogP contribution in [-0.2, 0) is 14.3 Å². The number of ether oxygens (including phenoxy) is 1. The van der Waals surface area contributed by atoms with Crippen LogP contribution in [0.2, 0.25) is 0 Å². The lowest BCUT2D eigenvalue weighted by atomic mass is 9.49. The predicted molar refractivity (Wildman–Crippen MR) is 80.9 cm³/mol. The molecule has 0 unspecified atom stereocenters. The molecule has 5 fully saturated rings. The van der Waals surface area contributed by atoms with Gasteiger partial charge in [0, 0.05) is 10.4 Å². The number of alkyl halides is 1. The minimum Gasteiger partial charge on any atom is -0.455 e. The van der Waals surface area contributed by atoms with Gasteiger partial charge >= 0.3 is 5.97 Å². The van der Waals surface area contributed by atoms with Crippen molar-refractivity contribution < 1.29 is 14.3 Å². The molecular formula is C16H22BrNO3. The molecule has 5 aliphatic rings. The number of carbonyl (C=O) groups is 2. The first-order chi connectivity index (χ1) is 9.96. The van der Waals surface area contributed by atoms with Gasteiger partial charge in [0.2, 0.25) is 0 Å². The molecule has 0 spiro atoms. The summed E-state index contributed by atoms with van der Waals surface area (Å²) in [4.78, 5) is 24.3. The minimum absolute atomic E-state index is 0.109. The molecule has 2 atom stereocenters. The molecule has 21 heavy (non-hydrogen) atoms. The number of esters is 1. The average Bonchev–Trinajstić information content (AvgIpc) is 3.16. The zero-order chi connectivity index (χ0) is 14.7. The van der Waals surface area contributed by atoms with Crippen LogP contribution in [0.4, 0.5) is 0 Å². The van der Waals surface area contributed by atoms with Gasteiger partial charge in [-0.2, -0.15) is 0 Å². The van der Waals surface area contributed by atoms with Gasteiger partial charge in [0.1, 0.15) is 0 Å². The zero-order valence-corrected chi connectivity index (χ0v) is 13.8. The van der Waals surface area contributed by atoms with E-state index in [4.69, 9.17) is 4.74 Å². The number of amides is 1. The van der Waals surface area contributed by atoms with E-state index in [1.54, 1.807) is 0 Å². The smallest absolute Gasteiger partial charge is 0.312 e. The summed E-state index contributed by atoms with van der Waals surface area (Å²) in [6.45, 7) is -0.109. The molecule has 0 aromatic heterocycles. The van der Waals surface area contributed by atoms with Crippen molar-refractivity contribution in [3.8, 4) is 0 Å². The van der Waals surface area contributed by atoms with E-state index >= 15 is 0 Å². The molecular weight excluding hydrogens is 334 g/mol. The SMILES string of the molecule is O=C(COC(=O)C12C[C@H]3C[C@@H](CC(Br)(C3)C1)C2)NC1CC1. The summed E-state index contributed by atoms with van der Waals surface area (Å²) >= 11 is 3.89. The molecule has 0 heterocycles. The van der Waals surface area contributed by atoms with Gasteiger partial charge in [-0.15, -0.1) is 0 Å². The highest BCUT2D eigenvalue weighted by molar-refractivity contribution is 9.10. The first-order valence-electron chi connectivity index (χ1n) is 8.12. The van der Waals surface area contributed by atoms with E-state index < -0.39 is 0 Å². The number of nitrogens with one attached hydrogen (secondary N) is 1. The standard InChI is InChI=1S/C16H22BrNO3/c17-16-6-10-3-11(7-16)5-15(4-10,9-16)14(20)21-8-13(19)18-12-1-2-12/h10-12H,1-9H2,(H,18,19)/t10-,11-,15?,16?/m1/s1. The molecule has 5 aliphatic carbocycles. The quantitative estimate of drug-likeness (QED) is 0.622. The van der Waals surface area contributed by atoms with E-state index in [2.05, 4.69) is 21.2 Å². The molecule has 4 bridgehead atoms. The highest BCUT2D eigenvalue weighted by atomic mass is 79.9. The van der Waals surface area contributed by atoms with Crippen LogP contribution < -0.4 is 5.32 Å². The van der Waals surface area contributed by atoms with Gasteiger partial charge in [0.25, 0.3) is 5.91 Å². The fraction of sp³-hybridized carbons (Fsp3) is 0.875. The molecule has 0 saturated heterocycles. The molecule has 1 amide bonds. The second-order valence-corrected chi connectivity index (χ2v) is 9.49. The third-order valence-corrected chi connectivity index (χ3v) is 6.63. The molecule has 4 nitrogen and oxygen atoms in total. The van der Waals surface area contributed by atoms with Gasteiger partial charge in [-0.3, -0.25) is 9.59 Å². The Hall–Kier alpha value is -0.580. The summed E-state index contributed by atoms with van der Waals surface area (Å²) in [5, 5.41) is 2.87. The van der Waals surface area contributed by atoms with Crippen molar-refractivity contribution in [3.63, 3.8) is 0 Å². The van der Waals surface area contributed by atoms with Gasteiger partial charge in [0.05, 0.1) is 5.41 Å². The second kappa shape index (κ2) is 4.71. The third kappa shape index (κ3) is 2.62. The van der Waals surface area contributed by atoms with Crippen LogP contribution in [0.1, 0.15) is 51.4 Å². The van der Waals surface area contributed by atoms with Crippen molar-refractivity contribution in [2.45, 2.75) is 61.7 Å². The van der Waals surface area contributed by atoms with Crippen molar-refractivity contribution in [1.29, 1.82) is 0 Å². The lowest BCUT2D eigenvalue weighted by molar-refractivity contribution is -0.171. The van der Waals surface area contributed by atoms with Crippen molar-refractivity contribution in [3.05, 3.63) is 0 Å². The highest BCUT2D eigenvalue weighted by Gasteiger charge is 2.60. The predicted octanol–water partition coefficient (Wildman–Crippen LogP) is 2.54. The second-order valence-electron chi connectivity index (χ2n) is 7.81. The summed E-state index contributed by atoms with van der Waals surface area (Å²) in [6.07, 6.45) is 8.57. The van der Waals surface area contributed by atoms with Gasteiger partial charge in [-0.1, -0.05) is 15.9 Å². The number of carbonyl (C=O) groups excluding carboxylic acids is 2. The van der Waals surface area contributed by atoms with Crippen molar-refractivity contribution >= 4 is 27.8 Å². The van der Waals surface area contributed by atoms with Crippen molar-refractivity contribution in [1.82, 2.24) is 5.32 Å². The first kappa shape index (κ1) is 14.0. The maximum absolute atomic E-state index is 12.6. The fourth-order valence-electron chi connectivity index (χ4n) is 5.17. The molecule has 5 heteroatoms. The monoisotopic (exact) mass is 355 g/mol. The van der Waals surface area contributed by atoms with Gasteiger partial charge in [-0.25, -0.2) is 0 Å². The topological polar surface area (TPSA) is 55.4 Å². The van der Waals surface area contributed by atoms with Gasteiger partial charge in [-0.05, 0) is 63.2 Å². The lowest BCUT2D eigenvalue weighted by Gasteiger charge is -2.58. The van der Waals surface area contributed by atoms with Crippen molar-refractivity contribution in [2.24, 2.45) is 17.3 Å². The van der Waals surface area contributed by atoms with Crippen LogP contribution in [-0.4, -0.2) is 28.8 Å². The largest absolute Gasteiger partial charge is 0.455 e. The Labute approximate surface area is 133 Å². The van der Waals surface area contributed by atoms with Crippen LogP contribution in [0, 0.1) is 17.3 Å². The van der Waals surface area contributed by atoms with E-state index in [1.807, 2.05) is 0 Å². The summed E-state index contributed by atoms with van der Waals surface area (Å²) in [7, 11) is 0. The molecule has 5 saturated carbocycles. The van der Waals surface area contributed by atoms with Crippen LogP contribution in [0.3, 0.4) is 0 Å². The molecule has 0 aromatic rings.